The highest BCUT2D eigenvalue weighted by Gasteiger charge is 2.23. The lowest BCUT2D eigenvalue weighted by Crippen LogP contribution is -2.28. The average Bonchev–Trinajstić information content (AvgIpc) is 3.20. The molecule has 0 unspecified atom stereocenters. The summed E-state index contributed by atoms with van der Waals surface area (Å²) in [5.74, 6) is -0.285. The SMILES string of the molecule is CN(Cc1nc2ccccc2s1)C(=O)c1cccc(S(=O)(=O)N(C)c2cccc(Cl)c2)c1. The van der Waals surface area contributed by atoms with Crippen LogP contribution in [0.3, 0.4) is 0 Å². The zero-order valence-corrected chi connectivity index (χ0v) is 19.8. The molecule has 1 heterocycles. The second kappa shape index (κ2) is 8.90. The number of hydrogen-bond acceptors (Lipinski definition) is 5. The van der Waals surface area contributed by atoms with E-state index in [0.29, 0.717) is 17.3 Å². The van der Waals surface area contributed by atoms with Crippen LogP contribution in [0.25, 0.3) is 10.2 Å². The average molecular weight is 486 g/mol. The molecular weight excluding hydrogens is 466 g/mol. The lowest BCUT2D eigenvalue weighted by Gasteiger charge is -2.21. The Morgan fingerprint density at radius 3 is 2.50 bits per heavy atom. The summed E-state index contributed by atoms with van der Waals surface area (Å²) in [7, 11) is -0.746. The molecule has 0 aliphatic carbocycles. The Kier molecular flexibility index (Phi) is 6.19. The summed E-state index contributed by atoms with van der Waals surface area (Å²) in [5, 5.41) is 1.25. The third kappa shape index (κ3) is 4.48. The van der Waals surface area contributed by atoms with Crippen LogP contribution in [-0.4, -0.2) is 38.3 Å². The number of sulfonamides is 1. The van der Waals surface area contributed by atoms with Gasteiger partial charge in [0.2, 0.25) is 0 Å². The molecule has 0 fully saturated rings. The summed E-state index contributed by atoms with van der Waals surface area (Å²) < 4.78 is 28.5. The van der Waals surface area contributed by atoms with Gasteiger partial charge in [-0.2, -0.15) is 0 Å². The Bertz CT molecular complexity index is 1370. The second-order valence-electron chi connectivity index (χ2n) is 7.22. The third-order valence-electron chi connectivity index (χ3n) is 4.97. The van der Waals surface area contributed by atoms with E-state index in [9.17, 15) is 13.2 Å². The molecule has 0 radical (unpaired) electrons. The Morgan fingerprint density at radius 1 is 1.00 bits per heavy atom. The molecule has 0 bridgehead atoms. The third-order valence-corrected chi connectivity index (χ3v) is 8.01. The van der Waals surface area contributed by atoms with Crippen LogP contribution >= 0.6 is 22.9 Å². The molecule has 32 heavy (non-hydrogen) atoms. The molecule has 0 aliphatic heterocycles. The molecular formula is C23H20ClN3O3S2. The van der Waals surface area contributed by atoms with Gasteiger partial charge < -0.3 is 4.90 Å². The number of carbonyl (C=O) groups excluding carboxylic acids is 1. The smallest absolute Gasteiger partial charge is 0.264 e. The zero-order chi connectivity index (χ0) is 22.9. The highest BCUT2D eigenvalue weighted by Crippen LogP contribution is 2.26. The number of rotatable bonds is 6. The van der Waals surface area contributed by atoms with Crippen molar-refractivity contribution in [1.82, 2.24) is 9.88 Å². The highest BCUT2D eigenvalue weighted by atomic mass is 35.5. The van der Waals surface area contributed by atoms with Gasteiger partial charge in [0.15, 0.2) is 0 Å². The normalized spacial score (nSPS) is 11.5. The highest BCUT2D eigenvalue weighted by molar-refractivity contribution is 7.92. The molecule has 3 aromatic carbocycles. The number of hydrogen-bond donors (Lipinski definition) is 0. The van der Waals surface area contributed by atoms with Crippen molar-refractivity contribution in [1.29, 1.82) is 0 Å². The lowest BCUT2D eigenvalue weighted by atomic mass is 10.2. The molecule has 0 saturated carbocycles. The van der Waals surface area contributed by atoms with Crippen molar-refractivity contribution in [3.8, 4) is 0 Å². The van der Waals surface area contributed by atoms with Gasteiger partial charge in [-0.3, -0.25) is 9.10 Å². The van der Waals surface area contributed by atoms with Crippen LogP contribution < -0.4 is 4.31 Å². The Morgan fingerprint density at radius 2 is 1.75 bits per heavy atom. The molecule has 164 valence electrons. The van der Waals surface area contributed by atoms with Crippen molar-refractivity contribution in [2.75, 3.05) is 18.4 Å². The number of fused-ring (bicyclic) bond motifs is 1. The first-order chi connectivity index (χ1) is 15.3. The zero-order valence-electron chi connectivity index (χ0n) is 17.4. The number of amides is 1. The van der Waals surface area contributed by atoms with Gasteiger partial charge in [0.1, 0.15) is 5.01 Å². The van der Waals surface area contributed by atoms with Crippen LogP contribution in [0.4, 0.5) is 5.69 Å². The summed E-state index contributed by atoms with van der Waals surface area (Å²) in [6.45, 7) is 0.331. The molecule has 0 atom stereocenters. The van der Waals surface area contributed by atoms with Gasteiger partial charge in [-0.1, -0.05) is 35.9 Å². The van der Waals surface area contributed by atoms with E-state index in [0.717, 1.165) is 19.5 Å². The van der Waals surface area contributed by atoms with Gasteiger partial charge in [0, 0.05) is 24.7 Å². The largest absolute Gasteiger partial charge is 0.335 e. The summed E-state index contributed by atoms with van der Waals surface area (Å²) in [6, 6.07) is 20.4. The predicted octanol–water partition coefficient (Wildman–Crippen LogP) is 5.05. The number of carbonyl (C=O) groups is 1. The fourth-order valence-corrected chi connectivity index (χ4v) is 5.68. The van der Waals surface area contributed by atoms with E-state index < -0.39 is 10.0 Å². The first kappa shape index (κ1) is 22.3. The number of nitrogens with zero attached hydrogens (tertiary/aromatic N) is 3. The first-order valence-electron chi connectivity index (χ1n) is 9.70. The maximum absolute atomic E-state index is 13.1. The van der Waals surface area contributed by atoms with Gasteiger partial charge in [0.05, 0.1) is 27.3 Å². The van der Waals surface area contributed by atoms with E-state index in [2.05, 4.69) is 4.98 Å². The van der Waals surface area contributed by atoms with E-state index in [4.69, 9.17) is 11.6 Å². The lowest BCUT2D eigenvalue weighted by molar-refractivity contribution is 0.0785. The molecule has 9 heteroatoms. The molecule has 0 saturated heterocycles. The van der Waals surface area contributed by atoms with E-state index in [1.807, 2.05) is 24.3 Å². The maximum Gasteiger partial charge on any atom is 0.264 e. The van der Waals surface area contributed by atoms with Crippen molar-refractivity contribution in [2.24, 2.45) is 0 Å². The molecule has 4 aromatic rings. The van der Waals surface area contributed by atoms with Gasteiger partial charge in [0.25, 0.3) is 15.9 Å². The number of halogens is 1. The standard InChI is InChI=1S/C23H20ClN3O3S2/c1-26(15-22-25-20-11-3-4-12-21(20)31-22)23(28)16-7-5-10-19(13-16)32(29,30)27(2)18-9-6-8-17(24)14-18/h3-14H,15H2,1-2H3. The molecule has 1 amide bonds. The minimum atomic E-state index is -3.87. The van der Waals surface area contributed by atoms with Crippen LogP contribution in [0.5, 0.6) is 0 Å². The number of para-hydroxylation sites is 1. The van der Waals surface area contributed by atoms with Crippen molar-refractivity contribution in [3.05, 3.63) is 88.4 Å². The maximum atomic E-state index is 13.1. The first-order valence-corrected chi connectivity index (χ1v) is 12.3. The predicted molar refractivity (Wildman–Crippen MR) is 129 cm³/mol. The summed E-state index contributed by atoms with van der Waals surface area (Å²) in [5.41, 5.74) is 1.61. The van der Waals surface area contributed by atoms with Crippen molar-refractivity contribution in [2.45, 2.75) is 11.4 Å². The van der Waals surface area contributed by atoms with E-state index in [1.165, 1.54) is 35.4 Å². The fourth-order valence-electron chi connectivity index (χ4n) is 3.24. The van der Waals surface area contributed by atoms with Gasteiger partial charge in [-0.15, -0.1) is 11.3 Å². The van der Waals surface area contributed by atoms with Crippen molar-refractivity contribution in [3.63, 3.8) is 0 Å². The van der Waals surface area contributed by atoms with Gasteiger partial charge >= 0.3 is 0 Å². The van der Waals surface area contributed by atoms with Crippen LogP contribution in [0.1, 0.15) is 15.4 Å². The topological polar surface area (TPSA) is 70.6 Å². The Hall–Kier alpha value is -2.94. The summed E-state index contributed by atoms with van der Waals surface area (Å²) in [6.07, 6.45) is 0. The quantitative estimate of drug-likeness (QED) is 0.383. The molecule has 0 spiro atoms. The molecule has 1 aromatic heterocycles. The summed E-state index contributed by atoms with van der Waals surface area (Å²) in [4.78, 5) is 19.1. The van der Waals surface area contributed by atoms with Gasteiger partial charge in [-0.05, 0) is 48.5 Å². The molecule has 4 rings (SSSR count). The van der Waals surface area contributed by atoms with Crippen LogP contribution in [0, 0.1) is 0 Å². The fraction of sp³-hybridized carbons (Fsp3) is 0.130. The molecule has 6 nitrogen and oxygen atoms in total. The second-order valence-corrected chi connectivity index (χ2v) is 10.7. The Labute approximate surface area is 195 Å². The van der Waals surface area contributed by atoms with Crippen molar-refractivity contribution < 1.29 is 13.2 Å². The van der Waals surface area contributed by atoms with Crippen molar-refractivity contribution >= 4 is 54.8 Å². The van der Waals surface area contributed by atoms with E-state index in [1.54, 1.807) is 43.4 Å². The van der Waals surface area contributed by atoms with Gasteiger partial charge in [-0.25, -0.2) is 13.4 Å². The van der Waals surface area contributed by atoms with Crippen LogP contribution in [-0.2, 0) is 16.6 Å². The number of thiazole rings is 1. The van der Waals surface area contributed by atoms with Crippen LogP contribution in [0.15, 0.2) is 77.7 Å². The monoisotopic (exact) mass is 485 g/mol. The Balaban J connectivity index is 1.56. The molecule has 0 N–H and O–H groups in total. The minimum absolute atomic E-state index is 0.0270. The molecule has 0 aliphatic rings. The van der Waals surface area contributed by atoms with E-state index >= 15 is 0 Å². The summed E-state index contributed by atoms with van der Waals surface area (Å²) >= 11 is 7.53. The minimum Gasteiger partial charge on any atom is -0.335 e. The van der Waals surface area contributed by atoms with E-state index in [-0.39, 0.29) is 16.4 Å². The number of aromatic nitrogens is 1. The van der Waals surface area contributed by atoms with Crippen LogP contribution in [0.2, 0.25) is 5.02 Å². The number of anilines is 1. The number of benzene rings is 3.